The smallest absolute Gasteiger partial charge is 0.264 e. The summed E-state index contributed by atoms with van der Waals surface area (Å²) in [5, 5.41) is 1.95. The average molecular weight is 451 g/mol. The van der Waals surface area contributed by atoms with Gasteiger partial charge in [-0.3, -0.25) is 4.79 Å². The number of ether oxygens (including phenoxy) is 1. The summed E-state index contributed by atoms with van der Waals surface area (Å²) >= 11 is 1.50. The van der Waals surface area contributed by atoms with E-state index in [0.717, 1.165) is 47.3 Å². The number of carbonyl (C=O) groups excluding carboxylic acids is 1. The number of hydrogen-bond donors (Lipinski definition) is 0. The van der Waals surface area contributed by atoms with Gasteiger partial charge in [0.25, 0.3) is 5.91 Å². The van der Waals surface area contributed by atoms with Crippen LogP contribution in [0.25, 0.3) is 0 Å². The first-order chi connectivity index (χ1) is 15.5. The van der Waals surface area contributed by atoms with Crippen LogP contribution in [-0.2, 0) is 17.8 Å². The van der Waals surface area contributed by atoms with Crippen molar-refractivity contribution in [2.45, 2.75) is 33.8 Å². The minimum atomic E-state index is 0.120. The number of nitrogens with zero attached hydrogens (tertiary/aromatic N) is 4. The van der Waals surface area contributed by atoms with Crippen LogP contribution in [-0.4, -0.2) is 54.1 Å². The fraction of sp³-hybridized carbons (Fsp3) is 0.400. The molecule has 0 aliphatic carbocycles. The van der Waals surface area contributed by atoms with E-state index >= 15 is 0 Å². The first-order valence-corrected chi connectivity index (χ1v) is 11.8. The zero-order valence-corrected chi connectivity index (χ0v) is 20.0. The molecule has 3 heterocycles. The Morgan fingerprint density at radius 3 is 2.56 bits per heavy atom. The minimum absolute atomic E-state index is 0.120. The molecule has 3 aromatic rings. The van der Waals surface area contributed by atoms with Crippen LogP contribution in [0.3, 0.4) is 0 Å². The molecule has 0 atom stereocenters. The van der Waals surface area contributed by atoms with Gasteiger partial charge < -0.3 is 14.5 Å². The van der Waals surface area contributed by atoms with E-state index in [0.29, 0.717) is 19.7 Å². The molecule has 0 radical (unpaired) electrons. The number of carbonyl (C=O) groups is 1. The molecule has 1 saturated heterocycles. The van der Waals surface area contributed by atoms with Crippen molar-refractivity contribution in [2.24, 2.45) is 0 Å². The van der Waals surface area contributed by atoms with Gasteiger partial charge in [0.1, 0.15) is 11.6 Å². The monoisotopic (exact) mass is 450 g/mol. The van der Waals surface area contributed by atoms with E-state index < -0.39 is 0 Å². The van der Waals surface area contributed by atoms with E-state index in [4.69, 9.17) is 14.7 Å². The maximum atomic E-state index is 12.8. The molecule has 0 bridgehead atoms. The second-order valence-electron chi connectivity index (χ2n) is 8.32. The quantitative estimate of drug-likeness (QED) is 0.564. The number of rotatable bonds is 6. The van der Waals surface area contributed by atoms with Gasteiger partial charge in [0, 0.05) is 45.3 Å². The predicted molar refractivity (Wildman–Crippen MR) is 129 cm³/mol. The highest BCUT2D eigenvalue weighted by Crippen LogP contribution is 2.28. The molecule has 4 rings (SSSR count). The van der Waals surface area contributed by atoms with E-state index in [1.165, 1.54) is 28.0 Å². The summed E-state index contributed by atoms with van der Waals surface area (Å²) in [5.41, 5.74) is 5.84. The third kappa shape index (κ3) is 4.84. The van der Waals surface area contributed by atoms with Crippen molar-refractivity contribution in [2.75, 3.05) is 38.2 Å². The number of anilines is 1. The van der Waals surface area contributed by atoms with Crippen molar-refractivity contribution in [1.82, 2.24) is 14.9 Å². The Morgan fingerprint density at radius 2 is 1.88 bits per heavy atom. The summed E-state index contributed by atoms with van der Waals surface area (Å²) < 4.78 is 5.49. The van der Waals surface area contributed by atoms with Crippen LogP contribution in [0.2, 0.25) is 0 Å². The molecule has 1 amide bonds. The molecule has 0 unspecified atom stereocenters. The van der Waals surface area contributed by atoms with Gasteiger partial charge in [-0.05, 0) is 43.3 Å². The Labute approximate surface area is 193 Å². The third-order valence-electron chi connectivity index (χ3n) is 5.93. The fourth-order valence-corrected chi connectivity index (χ4v) is 4.89. The Hall–Kier alpha value is -2.77. The average Bonchev–Trinajstić information content (AvgIpc) is 3.32. The standard InChI is InChI=1S/C25H30N4O2S/c1-17-7-8-18(2)20(14-17)15-21-22(16-31-4)26-19(3)27-24(21)28-9-11-29(12-10-28)25(30)23-6-5-13-32-23/h5-8,13-14H,9-12,15-16H2,1-4H3. The first-order valence-electron chi connectivity index (χ1n) is 11.0. The number of piperazine rings is 1. The van der Waals surface area contributed by atoms with Crippen molar-refractivity contribution in [1.29, 1.82) is 0 Å². The summed E-state index contributed by atoms with van der Waals surface area (Å²) in [6, 6.07) is 10.4. The largest absolute Gasteiger partial charge is 0.378 e. The second-order valence-corrected chi connectivity index (χ2v) is 9.26. The lowest BCUT2D eigenvalue weighted by atomic mass is 9.97. The molecule has 2 aromatic heterocycles. The summed E-state index contributed by atoms with van der Waals surface area (Å²) in [5.74, 6) is 1.83. The van der Waals surface area contributed by atoms with Crippen molar-refractivity contribution in [3.05, 3.63) is 74.4 Å². The van der Waals surface area contributed by atoms with E-state index in [9.17, 15) is 4.79 Å². The number of benzene rings is 1. The van der Waals surface area contributed by atoms with Gasteiger partial charge in [0.2, 0.25) is 0 Å². The fourth-order valence-electron chi connectivity index (χ4n) is 4.19. The van der Waals surface area contributed by atoms with Crippen LogP contribution in [0.4, 0.5) is 5.82 Å². The minimum Gasteiger partial charge on any atom is -0.378 e. The summed E-state index contributed by atoms with van der Waals surface area (Å²) in [6.45, 7) is 9.52. The number of hydrogen-bond acceptors (Lipinski definition) is 6. The number of thiophene rings is 1. The van der Waals surface area contributed by atoms with Gasteiger partial charge in [-0.15, -0.1) is 11.3 Å². The molecule has 1 fully saturated rings. The van der Waals surface area contributed by atoms with E-state index in [-0.39, 0.29) is 5.91 Å². The van der Waals surface area contributed by atoms with Crippen LogP contribution in [0.5, 0.6) is 0 Å². The summed E-state index contributed by atoms with van der Waals surface area (Å²) in [6.07, 6.45) is 0.760. The molecule has 7 heteroatoms. The zero-order valence-electron chi connectivity index (χ0n) is 19.2. The van der Waals surface area contributed by atoms with Crippen LogP contribution >= 0.6 is 11.3 Å². The zero-order chi connectivity index (χ0) is 22.7. The maximum absolute atomic E-state index is 12.8. The van der Waals surface area contributed by atoms with E-state index in [2.05, 4.69) is 36.9 Å². The highest BCUT2D eigenvalue weighted by atomic mass is 32.1. The predicted octanol–water partition coefficient (Wildman–Crippen LogP) is 4.16. The molecular weight excluding hydrogens is 420 g/mol. The number of aryl methyl sites for hydroxylation is 3. The second kappa shape index (κ2) is 9.79. The maximum Gasteiger partial charge on any atom is 0.264 e. The van der Waals surface area contributed by atoms with Crippen molar-refractivity contribution < 1.29 is 9.53 Å². The van der Waals surface area contributed by atoms with Gasteiger partial charge in [-0.25, -0.2) is 9.97 Å². The first kappa shape index (κ1) is 22.4. The van der Waals surface area contributed by atoms with Crippen LogP contribution in [0.1, 0.15) is 43.4 Å². The molecule has 168 valence electrons. The van der Waals surface area contributed by atoms with E-state index in [1.807, 2.05) is 29.3 Å². The number of amides is 1. The Balaban J connectivity index is 1.62. The highest BCUT2D eigenvalue weighted by Gasteiger charge is 2.26. The Kier molecular flexibility index (Phi) is 6.86. The molecule has 1 aromatic carbocycles. The molecule has 0 saturated carbocycles. The van der Waals surface area contributed by atoms with Crippen LogP contribution in [0, 0.1) is 20.8 Å². The highest BCUT2D eigenvalue weighted by molar-refractivity contribution is 7.12. The van der Waals surface area contributed by atoms with Gasteiger partial charge in [-0.2, -0.15) is 0 Å². The Bertz CT molecular complexity index is 1090. The van der Waals surface area contributed by atoms with Crippen LogP contribution < -0.4 is 4.90 Å². The molecule has 0 spiro atoms. The van der Waals surface area contributed by atoms with E-state index in [1.54, 1.807) is 7.11 Å². The lowest BCUT2D eigenvalue weighted by Gasteiger charge is -2.36. The van der Waals surface area contributed by atoms with Gasteiger partial charge in [-0.1, -0.05) is 29.8 Å². The summed E-state index contributed by atoms with van der Waals surface area (Å²) in [7, 11) is 1.70. The normalized spacial score (nSPS) is 14.1. The Morgan fingerprint density at radius 1 is 1.09 bits per heavy atom. The lowest BCUT2D eigenvalue weighted by molar-refractivity contribution is 0.0751. The lowest BCUT2D eigenvalue weighted by Crippen LogP contribution is -2.49. The molecule has 0 N–H and O–H groups in total. The number of methoxy groups -OCH3 is 1. The van der Waals surface area contributed by atoms with Crippen molar-refractivity contribution >= 4 is 23.1 Å². The molecule has 32 heavy (non-hydrogen) atoms. The molecule has 6 nitrogen and oxygen atoms in total. The topological polar surface area (TPSA) is 58.6 Å². The van der Waals surface area contributed by atoms with Crippen LogP contribution in [0.15, 0.2) is 35.7 Å². The molecule has 1 aliphatic rings. The SMILES string of the molecule is COCc1nc(C)nc(N2CCN(C(=O)c3cccs3)CC2)c1Cc1cc(C)ccc1C. The summed E-state index contributed by atoms with van der Waals surface area (Å²) in [4.78, 5) is 27.4. The molecule has 1 aliphatic heterocycles. The number of aromatic nitrogens is 2. The third-order valence-corrected chi connectivity index (χ3v) is 6.79. The molecular formula is C25H30N4O2S. The van der Waals surface area contributed by atoms with Gasteiger partial charge >= 0.3 is 0 Å². The van der Waals surface area contributed by atoms with Gasteiger partial charge in [0.05, 0.1) is 17.2 Å². The van der Waals surface area contributed by atoms with Crippen molar-refractivity contribution in [3.8, 4) is 0 Å². The van der Waals surface area contributed by atoms with Gasteiger partial charge in [0.15, 0.2) is 0 Å². The van der Waals surface area contributed by atoms with Crippen molar-refractivity contribution in [3.63, 3.8) is 0 Å².